The van der Waals surface area contributed by atoms with Crippen molar-refractivity contribution in [2.75, 3.05) is 50.8 Å². The van der Waals surface area contributed by atoms with Gasteiger partial charge in [-0.05, 0) is 45.0 Å². The van der Waals surface area contributed by atoms with Gasteiger partial charge in [-0.2, -0.15) is 0 Å². The normalized spacial score (nSPS) is 18.1. The van der Waals surface area contributed by atoms with Crippen molar-refractivity contribution in [3.05, 3.63) is 40.9 Å². The number of piperazine rings is 1. The zero-order chi connectivity index (χ0) is 20.1. The smallest absolute Gasteiger partial charge is 0.257 e. The standard InChI is InChI=1S/C22H30N4O2S/c1-2-28-20-9-5-4-8-19(20)21(27)25-12-14-26(15-13-25)22-23-18(17-29-22)16-24-10-6-3-7-11-24/h4-5,8-9,17H,2-3,6-7,10-16H2,1H3. The molecule has 2 saturated heterocycles. The molecule has 29 heavy (non-hydrogen) atoms. The lowest BCUT2D eigenvalue weighted by Crippen LogP contribution is -2.48. The Morgan fingerprint density at radius 3 is 2.59 bits per heavy atom. The number of carbonyl (C=O) groups is 1. The van der Waals surface area contributed by atoms with E-state index < -0.39 is 0 Å². The molecule has 1 aromatic carbocycles. The zero-order valence-electron chi connectivity index (χ0n) is 17.2. The number of anilines is 1. The number of aromatic nitrogens is 1. The highest BCUT2D eigenvalue weighted by atomic mass is 32.1. The van der Waals surface area contributed by atoms with Crippen LogP contribution < -0.4 is 9.64 Å². The number of nitrogens with zero attached hydrogens (tertiary/aromatic N) is 4. The second kappa shape index (κ2) is 9.59. The third-order valence-electron chi connectivity index (χ3n) is 5.63. The molecule has 2 aliphatic heterocycles. The number of rotatable bonds is 6. The van der Waals surface area contributed by atoms with Crippen molar-refractivity contribution in [2.24, 2.45) is 0 Å². The predicted molar refractivity (Wildman–Crippen MR) is 117 cm³/mol. The fourth-order valence-electron chi connectivity index (χ4n) is 4.06. The monoisotopic (exact) mass is 414 g/mol. The Kier molecular flexibility index (Phi) is 6.67. The van der Waals surface area contributed by atoms with Crippen molar-refractivity contribution < 1.29 is 9.53 Å². The number of carbonyl (C=O) groups excluding carboxylic acids is 1. The number of ether oxygens (including phenoxy) is 1. The van der Waals surface area contributed by atoms with Gasteiger partial charge in [-0.15, -0.1) is 11.3 Å². The summed E-state index contributed by atoms with van der Waals surface area (Å²) >= 11 is 1.72. The molecule has 3 heterocycles. The van der Waals surface area contributed by atoms with E-state index in [-0.39, 0.29) is 5.91 Å². The van der Waals surface area contributed by atoms with Gasteiger partial charge in [0.05, 0.1) is 17.9 Å². The molecule has 0 saturated carbocycles. The van der Waals surface area contributed by atoms with E-state index in [2.05, 4.69) is 15.2 Å². The molecule has 4 rings (SSSR count). The third-order valence-corrected chi connectivity index (χ3v) is 6.58. The molecule has 0 bridgehead atoms. The second-order valence-corrected chi connectivity index (χ2v) is 8.50. The van der Waals surface area contributed by atoms with Crippen LogP contribution in [-0.4, -0.2) is 66.6 Å². The van der Waals surface area contributed by atoms with Gasteiger partial charge < -0.3 is 14.5 Å². The lowest BCUT2D eigenvalue weighted by atomic mass is 10.1. The molecule has 0 atom stereocenters. The SMILES string of the molecule is CCOc1ccccc1C(=O)N1CCN(c2nc(CN3CCCCC3)cs2)CC1. The molecule has 6 nitrogen and oxygen atoms in total. The van der Waals surface area contributed by atoms with Crippen LogP contribution in [0.3, 0.4) is 0 Å². The molecule has 7 heteroatoms. The maximum Gasteiger partial charge on any atom is 0.257 e. The van der Waals surface area contributed by atoms with E-state index in [1.165, 1.54) is 38.0 Å². The van der Waals surface area contributed by atoms with Gasteiger partial charge in [0.2, 0.25) is 0 Å². The molecule has 0 radical (unpaired) electrons. The summed E-state index contributed by atoms with van der Waals surface area (Å²) < 4.78 is 5.63. The highest BCUT2D eigenvalue weighted by Gasteiger charge is 2.25. The zero-order valence-corrected chi connectivity index (χ0v) is 18.0. The van der Waals surface area contributed by atoms with Crippen molar-refractivity contribution in [1.82, 2.24) is 14.8 Å². The maximum atomic E-state index is 13.0. The second-order valence-electron chi connectivity index (χ2n) is 7.67. The van der Waals surface area contributed by atoms with E-state index in [0.717, 1.165) is 24.8 Å². The molecule has 156 valence electrons. The number of thiazole rings is 1. The summed E-state index contributed by atoms with van der Waals surface area (Å²) in [6, 6.07) is 7.52. The van der Waals surface area contributed by atoms with E-state index >= 15 is 0 Å². The summed E-state index contributed by atoms with van der Waals surface area (Å²) in [7, 11) is 0. The van der Waals surface area contributed by atoms with Crippen LogP contribution in [0.5, 0.6) is 5.75 Å². The van der Waals surface area contributed by atoms with Gasteiger partial charge in [-0.1, -0.05) is 18.6 Å². The minimum Gasteiger partial charge on any atom is -0.493 e. The van der Waals surface area contributed by atoms with Crippen molar-refractivity contribution in [1.29, 1.82) is 0 Å². The number of amides is 1. The predicted octanol–water partition coefficient (Wildman–Crippen LogP) is 3.49. The van der Waals surface area contributed by atoms with E-state index in [4.69, 9.17) is 9.72 Å². The first kappa shape index (κ1) is 20.2. The first-order valence-electron chi connectivity index (χ1n) is 10.7. The van der Waals surface area contributed by atoms with Crippen LogP contribution in [0.25, 0.3) is 0 Å². The van der Waals surface area contributed by atoms with Crippen molar-refractivity contribution >= 4 is 22.4 Å². The topological polar surface area (TPSA) is 48.9 Å². The number of hydrogen-bond donors (Lipinski definition) is 0. The lowest BCUT2D eigenvalue weighted by Gasteiger charge is -2.34. The summed E-state index contributed by atoms with van der Waals surface area (Å²) in [5.41, 5.74) is 1.83. The maximum absolute atomic E-state index is 13.0. The molecular weight excluding hydrogens is 384 g/mol. The van der Waals surface area contributed by atoms with Crippen molar-refractivity contribution in [2.45, 2.75) is 32.7 Å². The van der Waals surface area contributed by atoms with Crippen LogP contribution in [0, 0.1) is 0 Å². The third kappa shape index (κ3) is 4.90. The van der Waals surface area contributed by atoms with Gasteiger partial charge in [0.1, 0.15) is 5.75 Å². The van der Waals surface area contributed by atoms with Gasteiger partial charge in [-0.25, -0.2) is 4.98 Å². The summed E-state index contributed by atoms with van der Waals surface area (Å²) in [6.07, 6.45) is 3.97. The van der Waals surface area contributed by atoms with Gasteiger partial charge in [0, 0.05) is 38.1 Å². The van der Waals surface area contributed by atoms with Crippen LogP contribution in [0.2, 0.25) is 0 Å². The van der Waals surface area contributed by atoms with Crippen LogP contribution in [0.15, 0.2) is 29.6 Å². The summed E-state index contributed by atoms with van der Waals surface area (Å²) in [4.78, 5) is 24.6. The van der Waals surface area contributed by atoms with Crippen LogP contribution >= 0.6 is 11.3 Å². The highest BCUT2D eigenvalue weighted by Crippen LogP contribution is 2.25. The van der Waals surface area contributed by atoms with Gasteiger partial charge >= 0.3 is 0 Å². The summed E-state index contributed by atoms with van der Waals surface area (Å²) in [5, 5.41) is 3.28. The molecule has 0 aliphatic carbocycles. The van der Waals surface area contributed by atoms with Gasteiger partial charge in [0.25, 0.3) is 5.91 Å². The molecule has 2 fully saturated rings. The van der Waals surface area contributed by atoms with Crippen molar-refractivity contribution in [3.63, 3.8) is 0 Å². The summed E-state index contributed by atoms with van der Waals surface area (Å²) in [5.74, 6) is 0.725. The first-order chi connectivity index (χ1) is 14.2. The molecule has 0 N–H and O–H groups in total. The fraction of sp³-hybridized carbons (Fsp3) is 0.545. The Bertz CT molecular complexity index is 811. The van der Waals surface area contributed by atoms with Gasteiger partial charge in [-0.3, -0.25) is 9.69 Å². The molecule has 2 aromatic rings. The number of para-hydroxylation sites is 1. The molecule has 1 aromatic heterocycles. The quantitative estimate of drug-likeness (QED) is 0.724. The minimum absolute atomic E-state index is 0.0543. The fourth-order valence-corrected chi connectivity index (χ4v) is 4.93. The number of likely N-dealkylation sites (tertiary alicyclic amines) is 1. The van der Waals surface area contributed by atoms with E-state index in [1.54, 1.807) is 11.3 Å². The molecule has 0 unspecified atom stereocenters. The molecule has 2 aliphatic rings. The average molecular weight is 415 g/mol. The van der Waals surface area contributed by atoms with Crippen LogP contribution in [0.1, 0.15) is 42.2 Å². The number of benzene rings is 1. The van der Waals surface area contributed by atoms with E-state index in [0.29, 0.717) is 31.0 Å². The van der Waals surface area contributed by atoms with E-state index in [9.17, 15) is 4.79 Å². The van der Waals surface area contributed by atoms with E-state index in [1.807, 2.05) is 36.1 Å². The van der Waals surface area contributed by atoms with Crippen LogP contribution in [-0.2, 0) is 6.54 Å². The largest absolute Gasteiger partial charge is 0.493 e. The molecular formula is C22H30N4O2S. The number of hydrogen-bond acceptors (Lipinski definition) is 6. The van der Waals surface area contributed by atoms with Crippen molar-refractivity contribution in [3.8, 4) is 5.75 Å². The first-order valence-corrected chi connectivity index (χ1v) is 11.6. The molecule has 0 spiro atoms. The Hall–Kier alpha value is -2.12. The number of piperidine rings is 1. The average Bonchev–Trinajstić information content (AvgIpc) is 3.23. The Morgan fingerprint density at radius 1 is 1.07 bits per heavy atom. The molecule has 1 amide bonds. The van der Waals surface area contributed by atoms with Gasteiger partial charge in [0.15, 0.2) is 5.13 Å². The lowest BCUT2D eigenvalue weighted by molar-refractivity contribution is 0.0742. The Balaban J connectivity index is 1.33. The summed E-state index contributed by atoms with van der Waals surface area (Å²) in [6.45, 7) is 8.89. The minimum atomic E-state index is 0.0543. The highest BCUT2D eigenvalue weighted by molar-refractivity contribution is 7.13. The Labute approximate surface area is 177 Å². The Morgan fingerprint density at radius 2 is 1.83 bits per heavy atom. The van der Waals surface area contributed by atoms with Crippen LogP contribution in [0.4, 0.5) is 5.13 Å².